The Bertz CT molecular complexity index is 737. The lowest BCUT2D eigenvalue weighted by Gasteiger charge is -2.08. The third-order valence-electron chi connectivity index (χ3n) is 4.57. The molecule has 118 valence electrons. The first-order valence-electron chi connectivity index (χ1n) is 7.80. The normalized spacial score (nSPS) is 10.3. The quantitative estimate of drug-likeness (QED) is 0.483. The number of hydrogen-bond donors (Lipinski definition) is 0. The first kappa shape index (κ1) is 17.0. The Labute approximate surface area is 140 Å². The van der Waals surface area contributed by atoms with Crippen molar-refractivity contribution in [2.45, 2.75) is 35.1 Å². The van der Waals surface area contributed by atoms with Gasteiger partial charge >= 0.3 is 0 Å². The van der Waals surface area contributed by atoms with Gasteiger partial charge in [0.1, 0.15) is 0 Å². The van der Waals surface area contributed by atoms with Gasteiger partial charge < -0.3 is 0 Å². The highest BCUT2D eigenvalue weighted by atomic mass is 14.1. The van der Waals surface area contributed by atoms with E-state index in [-0.39, 0.29) is 7.43 Å². The second-order valence-corrected chi connectivity index (χ2v) is 6.18. The van der Waals surface area contributed by atoms with Crippen LogP contribution in [0.5, 0.6) is 0 Å². The molecule has 0 aliphatic carbocycles. The largest absolute Gasteiger partial charge is 0.0776 e. The maximum absolute atomic E-state index is 2.26. The van der Waals surface area contributed by atoms with Gasteiger partial charge in [-0.3, -0.25) is 0 Å². The van der Waals surface area contributed by atoms with Crippen LogP contribution in [0.2, 0.25) is 0 Å². The molecule has 3 aromatic rings. The van der Waals surface area contributed by atoms with Crippen LogP contribution in [0.25, 0.3) is 22.3 Å². The molecule has 0 amide bonds. The first-order chi connectivity index (χ1) is 10.5. The van der Waals surface area contributed by atoms with E-state index < -0.39 is 0 Å². The molecular weight excluding hydrogens is 276 g/mol. The van der Waals surface area contributed by atoms with E-state index in [1.54, 1.807) is 0 Å². The van der Waals surface area contributed by atoms with Crippen LogP contribution in [0.1, 0.15) is 29.7 Å². The Morgan fingerprint density at radius 3 is 1.00 bits per heavy atom. The fourth-order valence-electron chi connectivity index (χ4n) is 2.70. The highest BCUT2D eigenvalue weighted by Crippen LogP contribution is 2.27. The maximum atomic E-state index is 2.26. The van der Waals surface area contributed by atoms with Gasteiger partial charge in [-0.25, -0.2) is 0 Å². The van der Waals surface area contributed by atoms with E-state index >= 15 is 0 Å². The van der Waals surface area contributed by atoms with Crippen molar-refractivity contribution in [3.05, 3.63) is 82.9 Å². The summed E-state index contributed by atoms with van der Waals surface area (Å²) in [4.78, 5) is 0. The van der Waals surface area contributed by atoms with Crippen molar-refractivity contribution in [2.75, 3.05) is 0 Å². The lowest BCUT2D eigenvalue weighted by Crippen LogP contribution is -1.85. The zero-order valence-corrected chi connectivity index (χ0v) is 13.8. The molecule has 0 unspecified atom stereocenters. The standard InChI is InChI=1S/C22H22.CH4/c1-15-5-7-21(13-17(15)3)19-9-11-20(12-10-19)22-8-6-16(2)18(4)14-22;/h5-14H,1-4H3;1H4. The highest BCUT2D eigenvalue weighted by molar-refractivity contribution is 5.71. The van der Waals surface area contributed by atoms with Gasteiger partial charge in [-0.1, -0.05) is 68.1 Å². The van der Waals surface area contributed by atoms with Gasteiger partial charge in [-0.2, -0.15) is 0 Å². The summed E-state index contributed by atoms with van der Waals surface area (Å²) in [5.74, 6) is 0. The molecule has 0 aliphatic rings. The van der Waals surface area contributed by atoms with Crippen molar-refractivity contribution in [1.82, 2.24) is 0 Å². The van der Waals surface area contributed by atoms with Crippen LogP contribution in [-0.2, 0) is 0 Å². The summed E-state index contributed by atoms with van der Waals surface area (Å²) in [7, 11) is 0. The Balaban J connectivity index is 0.00000192. The van der Waals surface area contributed by atoms with Crippen LogP contribution in [0.4, 0.5) is 0 Å². The van der Waals surface area contributed by atoms with E-state index in [9.17, 15) is 0 Å². The molecule has 0 saturated heterocycles. The molecule has 0 heteroatoms. The molecule has 0 bridgehead atoms. The summed E-state index contributed by atoms with van der Waals surface area (Å²) >= 11 is 0. The molecule has 0 nitrogen and oxygen atoms in total. The van der Waals surface area contributed by atoms with Gasteiger partial charge in [0.15, 0.2) is 0 Å². The first-order valence-corrected chi connectivity index (χ1v) is 7.80. The van der Waals surface area contributed by atoms with E-state index in [1.807, 2.05) is 0 Å². The van der Waals surface area contributed by atoms with Gasteiger partial charge in [0.05, 0.1) is 0 Å². The molecule has 3 rings (SSSR count). The average molecular weight is 302 g/mol. The fraction of sp³-hybridized carbons (Fsp3) is 0.217. The van der Waals surface area contributed by atoms with Crippen molar-refractivity contribution in [2.24, 2.45) is 0 Å². The Kier molecular flexibility index (Phi) is 5.05. The third-order valence-corrected chi connectivity index (χ3v) is 4.57. The van der Waals surface area contributed by atoms with Crippen molar-refractivity contribution in [3.63, 3.8) is 0 Å². The summed E-state index contributed by atoms with van der Waals surface area (Å²) in [6.45, 7) is 8.65. The minimum atomic E-state index is 0. The summed E-state index contributed by atoms with van der Waals surface area (Å²) in [5, 5.41) is 0. The van der Waals surface area contributed by atoms with Crippen LogP contribution in [0.15, 0.2) is 60.7 Å². The fourth-order valence-corrected chi connectivity index (χ4v) is 2.70. The number of aryl methyl sites for hydroxylation is 4. The molecule has 3 aromatic carbocycles. The van der Waals surface area contributed by atoms with E-state index in [0.717, 1.165) is 0 Å². The van der Waals surface area contributed by atoms with Crippen LogP contribution >= 0.6 is 0 Å². The Hall–Kier alpha value is -2.34. The molecule has 0 aliphatic heterocycles. The zero-order chi connectivity index (χ0) is 15.7. The average Bonchev–Trinajstić information content (AvgIpc) is 2.53. The zero-order valence-electron chi connectivity index (χ0n) is 13.8. The third kappa shape index (κ3) is 3.53. The molecule has 0 N–H and O–H groups in total. The molecule has 0 heterocycles. The van der Waals surface area contributed by atoms with Crippen LogP contribution < -0.4 is 0 Å². The van der Waals surface area contributed by atoms with Crippen molar-refractivity contribution in [1.29, 1.82) is 0 Å². The number of rotatable bonds is 2. The van der Waals surface area contributed by atoms with Crippen LogP contribution in [0.3, 0.4) is 0 Å². The molecule has 0 spiro atoms. The second-order valence-electron chi connectivity index (χ2n) is 6.18. The summed E-state index contributed by atoms with van der Waals surface area (Å²) < 4.78 is 0. The lowest BCUT2D eigenvalue weighted by molar-refractivity contribution is 1.34. The molecule has 0 atom stereocenters. The maximum Gasteiger partial charge on any atom is -0.0181 e. The predicted octanol–water partition coefficient (Wildman–Crippen LogP) is 6.89. The number of hydrogen-bond acceptors (Lipinski definition) is 0. The summed E-state index contributed by atoms with van der Waals surface area (Å²) in [6.07, 6.45) is 0. The SMILES string of the molecule is C.Cc1ccc(-c2ccc(-c3ccc(C)c(C)c3)cc2)cc1C. The second kappa shape index (κ2) is 6.83. The van der Waals surface area contributed by atoms with Gasteiger partial charge in [-0.15, -0.1) is 0 Å². The molecule has 0 fully saturated rings. The van der Waals surface area contributed by atoms with E-state index in [4.69, 9.17) is 0 Å². The minimum absolute atomic E-state index is 0. The van der Waals surface area contributed by atoms with Crippen molar-refractivity contribution in [3.8, 4) is 22.3 Å². The highest BCUT2D eigenvalue weighted by Gasteiger charge is 2.03. The van der Waals surface area contributed by atoms with Crippen LogP contribution in [0, 0.1) is 27.7 Å². The Morgan fingerprint density at radius 2 is 0.696 bits per heavy atom. The van der Waals surface area contributed by atoms with Crippen molar-refractivity contribution >= 4 is 0 Å². The minimum Gasteiger partial charge on any atom is -0.0776 e. The van der Waals surface area contributed by atoms with Gasteiger partial charge in [0.2, 0.25) is 0 Å². The van der Waals surface area contributed by atoms with Crippen LogP contribution in [-0.4, -0.2) is 0 Å². The Morgan fingerprint density at radius 1 is 0.391 bits per heavy atom. The molecule has 23 heavy (non-hydrogen) atoms. The lowest BCUT2D eigenvalue weighted by atomic mass is 9.96. The number of benzene rings is 3. The molecule has 0 saturated carbocycles. The topological polar surface area (TPSA) is 0 Å². The smallest absolute Gasteiger partial charge is 0.0181 e. The molecular formula is C23H26. The van der Waals surface area contributed by atoms with Crippen molar-refractivity contribution < 1.29 is 0 Å². The van der Waals surface area contributed by atoms with Gasteiger partial charge in [0, 0.05) is 0 Å². The van der Waals surface area contributed by atoms with Gasteiger partial charge in [-0.05, 0) is 72.2 Å². The predicted molar refractivity (Wildman–Crippen MR) is 103 cm³/mol. The van der Waals surface area contributed by atoms with Gasteiger partial charge in [0.25, 0.3) is 0 Å². The summed E-state index contributed by atoms with van der Waals surface area (Å²) in [6, 6.07) is 22.2. The van der Waals surface area contributed by atoms with E-state index in [1.165, 1.54) is 44.5 Å². The van der Waals surface area contributed by atoms with E-state index in [2.05, 4.69) is 88.4 Å². The molecule has 0 radical (unpaired) electrons. The molecule has 0 aromatic heterocycles. The monoisotopic (exact) mass is 302 g/mol. The van der Waals surface area contributed by atoms with E-state index in [0.29, 0.717) is 0 Å². The summed E-state index contributed by atoms with van der Waals surface area (Å²) in [5.41, 5.74) is 10.5.